The Morgan fingerprint density at radius 1 is 1.05 bits per heavy atom. The topological polar surface area (TPSA) is 53.0 Å². The number of hydrogen-bond donors (Lipinski definition) is 1. The molecule has 1 saturated heterocycles. The molecule has 1 N–H and O–H groups in total. The summed E-state index contributed by atoms with van der Waals surface area (Å²) in [5.41, 5.74) is -0.442. The van der Waals surface area contributed by atoms with Crippen molar-refractivity contribution in [3.05, 3.63) is 0 Å². The quantitative estimate of drug-likeness (QED) is 0.806. The molecule has 2 unspecified atom stereocenters. The molecule has 1 saturated carbocycles. The SMILES string of the molecule is CC(C)(C)OC(=O)N1CCCN(C2CCCCC2O)CC1. The van der Waals surface area contributed by atoms with E-state index in [1.165, 1.54) is 6.42 Å². The highest BCUT2D eigenvalue weighted by Gasteiger charge is 2.31. The van der Waals surface area contributed by atoms with Crippen LogP contribution in [0.1, 0.15) is 52.9 Å². The summed E-state index contributed by atoms with van der Waals surface area (Å²) >= 11 is 0. The van der Waals surface area contributed by atoms with Crippen LogP contribution >= 0.6 is 0 Å². The molecule has 5 heteroatoms. The lowest BCUT2D eigenvalue weighted by Gasteiger charge is -2.37. The van der Waals surface area contributed by atoms with Crippen LogP contribution in [0.4, 0.5) is 4.79 Å². The molecule has 1 heterocycles. The highest BCUT2D eigenvalue weighted by molar-refractivity contribution is 5.68. The Bertz CT molecular complexity index is 354. The van der Waals surface area contributed by atoms with Gasteiger partial charge in [-0.3, -0.25) is 4.90 Å². The van der Waals surface area contributed by atoms with Gasteiger partial charge in [0.05, 0.1) is 6.10 Å². The number of aliphatic hydroxyl groups excluding tert-OH is 1. The normalized spacial score (nSPS) is 29.0. The summed E-state index contributed by atoms with van der Waals surface area (Å²) in [5.74, 6) is 0. The van der Waals surface area contributed by atoms with Gasteiger partial charge in [0, 0.05) is 32.2 Å². The number of rotatable bonds is 1. The second kappa shape index (κ2) is 6.97. The first-order chi connectivity index (χ1) is 9.87. The molecule has 0 radical (unpaired) electrons. The molecule has 1 aliphatic heterocycles. The molecule has 2 aliphatic rings. The maximum absolute atomic E-state index is 12.1. The summed E-state index contributed by atoms with van der Waals surface area (Å²) in [5, 5.41) is 10.2. The van der Waals surface area contributed by atoms with Crippen LogP contribution in [0.3, 0.4) is 0 Å². The molecule has 1 aliphatic carbocycles. The molecule has 0 spiro atoms. The molecule has 21 heavy (non-hydrogen) atoms. The lowest BCUT2D eigenvalue weighted by atomic mass is 9.91. The van der Waals surface area contributed by atoms with E-state index in [0.717, 1.165) is 45.3 Å². The predicted octanol–water partition coefficient (Wildman–Crippen LogP) is 2.23. The van der Waals surface area contributed by atoms with Gasteiger partial charge in [-0.1, -0.05) is 12.8 Å². The standard InChI is InChI=1S/C16H30N2O3/c1-16(2,3)21-15(20)18-10-6-9-17(11-12-18)13-7-4-5-8-14(13)19/h13-14,19H,4-12H2,1-3H3. The Balaban J connectivity index is 1.88. The van der Waals surface area contributed by atoms with Crippen molar-refractivity contribution in [3.63, 3.8) is 0 Å². The molecule has 2 fully saturated rings. The lowest BCUT2D eigenvalue weighted by molar-refractivity contribution is 0.0163. The van der Waals surface area contributed by atoms with Crippen LogP contribution in [0.25, 0.3) is 0 Å². The molecule has 122 valence electrons. The van der Waals surface area contributed by atoms with E-state index in [1.54, 1.807) is 4.90 Å². The highest BCUT2D eigenvalue weighted by Crippen LogP contribution is 2.24. The summed E-state index contributed by atoms with van der Waals surface area (Å²) in [6.07, 6.45) is 4.86. The smallest absolute Gasteiger partial charge is 0.410 e. The first kappa shape index (κ1) is 16.6. The van der Waals surface area contributed by atoms with Crippen molar-refractivity contribution in [1.82, 2.24) is 9.80 Å². The van der Waals surface area contributed by atoms with E-state index in [2.05, 4.69) is 4.90 Å². The van der Waals surface area contributed by atoms with Crippen molar-refractivity contribution in [1.29, 1.82) is 0 Å². The van der Waals surface area contributed by atoms with Crippen LogP contribution in [-0.2, 0) is 4.74 Å². The van der Waals surface area contributed by atoms with E-state index >= 15 is 0 Å². The van der Waals surface area contributed by atoms with Gasteiger partial charge < -0.3 is 14.7 Å². The minimum Gasteiger partial charge on any atom is -0.444 e. The molecule has 0 aromatic carbocycles. The van der Waals surface area contributed by atoms with Crippen LogP contribution < -0.4 is 0 Å². The van der Waals surface area contributed by atoms with Crippen LogP contribution in [0, 0.1) is 0 Å². The number of aliphatic hydroxyl groups is 1. The van der Waals surface area contributed by atoms with Crippen molar-refractivity contribution in [2.45, 2.75) is 70.6 Å². The van der Waals surface area contributed by atoms with Gasteiger partial charge in [0.15, 0.2) is 0 Å². The fourth-order valence-electron chi connectivity index (χ4n) is 3.30. The number of carbonyl (C=O) groups excluding carboxylic acids is 1. The van der Waals surface area contributed by atoms with Crippen LogP contribution in [0.15, 0.2) is 0 Å². The van der Waals surface area contributed by atoms with Gasteiger partial charge in [0.2, 0.25) is 0 Å². The van der Waals surface area contributed by atoms with Crippen molar-refractivity contribution in [3.8, 4) is 0 Å². The second-order valence-electron chi connectivity index (χ2n) is 7.28. The Hall–Kier alpha value is -0.810. The second-order valence-corrected chi connectivity index (χ2v) is 7.28. The summed E-state index contributed by atoms with van der Waals surface area (Å²) < 4.78 is 5.45. The van der Waals surface area contributed by atoms with E-state index in [1.807, 2.05) is 20.8 Å². The van der Waals surface area contributed by atoms with Crippen molar-refractivity contribution in [2.24, 2.45) is 0 Å². The van der Waals surface area contributed by atoms with Gasteiger partial charge in [0.25, 0.3) is 0 Å². The molecule has 0 aromatic rings. The van der Waals surface area contributed by atoms with E-state index in [0.29, 0.717) is 6.54 Å². The molecule has 0 bridgehead atoms. The maximum Gasteiger partial charge on any atom is 0.410 e. The minimum atomic E-state index is -0.442. The average Bonchev–Trinajstić information content (AvgIpc) is 2.63. The monoisotopic (exact) mass is 298 g/mol. The van der Waals surface area contributed by atoms with Crippen molar-refractivity contribution >= 4 is 6.09 Å². The van der Waals surface area contributed by atoms with Crippen molar-refractivity contribution < 1.29 is 14.6 Å². The summed E-state index contributed by atoms with van der Waals surface area (Å²) in [7, 11) is 0. The Morgan fingerprint density at radius 3 is 2.43 bits per heavy atom. The fraction of sp³-hybridized carbons (Fsp3) is 0.938. The van der Waals surface area contributed by atoms with Crippen LogP contribution in [0.5, 0.6) is 0 Å². The third-order valence-electron chi connectivity index (χ3n) is 4.35. The summed E-state index contributed by atoms with van der Waals surface area (Å²) in [4.78, 5) is 16.3. The number of hydrogen-bond acceptors (Lipinski definition) is 4. The Morgan fingerprint density at radius 2 is 1.76 bits per heavy atom. The zero-order valence-corrected chi connectivity index (χ0v) is 13.7. The van der Waals surface area contributed by atoms with Gasteiger partial charge in [0.1, 0.15) is 5.60 Å². The third kappa shape index (κ3) is 4.85. The molecular formula is C16H30N2O3. The maximum atomic E-state index is 12.1. The van der Waals surface area contributed by atoms with Crippen LogP contribution in [0.2, 0.25) is 0 Å². The zero-order valence-electron chi connectivity index (χ0n) is 13.7. The van der Waals surface area contributed by atoms with E-state index in [9.17, 15) is 9.90 Å². The first-order valence-corrected chi connectivity index (χ1v) is 8.27. The Labute approximate surface area is 128 Å². The minimum absolute atomic E-state index is 0.202. The molecule has 1 amide bonds. The van der Waals surface area contributed by atoms with Crippen molar-refractivity contribution in [2.75, 3.05) is 26.2 Å². The molecular weight excluding hydrogens is 268 g/mol. The zero-order chi connectivity index (χ0) is 15.5. The van der Waals surface area contributed by atoms with E-state index in [4.69, 9.17) is 4.74 Å². The molecule has 2 atom stereocenters. The first-order valence-electron chi connectivity index (χ1n) is 8.27. The molecule has 2 rings (SSSR count). The van der Waals surface area contributed by atoms with E-state index in [-0.39, 0.29) is 18.2 Å². The third-order valence-corrected chi connectivity index (χ3v) is 4.35. The van der Waals surface area contributed by atoms with Crippen LogP contribution in [-0.4, -0.2) is 64.9 Å². The number of amides is 1. The highest BCUT2D eigenvalue weighted by atomic mass is 16.6. The number of carbonyl (C=O) groups is 1. The average molecular weight is 298 g/mol. The summed E-state index contributed by atoms with van der Waals surface area (Å²) in [6.45, 7) is 8.92. The van der Waals surface area contributed by atoms with Gasteiger partial charge in [-0.05, 0) is 40.0 Å². The number of ether oxygens (including phenoxy) is 1. The summed E-state index contributed by atoms with van der Waals surface area (Å²) in [6, 6.07) is 0.275. The lowest BCUT2D eigenvalue weighted by Crippen LogP contribution is -2.47. The fourth-order valence-corrected chi connectivity index (χ4v) is 3.30. The number of nitrogens with zero attached hydrogens (tertiary/aromatic N) is 2. The van der Waals surface area contributed by atoms with Gasteiger partial charge in [-0.15, -0.1) is 0 Å². The van der Waals surface area contributed by atoms with Gasteiger partial charge in [-0.2, -0.15) is 0 Å². The molecule has 0 aromatic heterocycles. The largest absolute Gasteiger partial charge is 0.444 e. The van der Waals surface area contributed by atoms with Gasteiger partial charge in [-0.25, -0.2) is 4.79 Å². The molecule has 5 nitrogen and oxygen atoms in total. The van der Waals surface area contributed by atoms with E-state index < -0.39 is 5.60 Å². The Kier molecular flexibility index (Phi) is 5.49. The predicted molar refractivity (Wildman–Crippen MR) is 82.3 cm³/mol. The van der Waals surface area contributed by atoms with Gasteiger partial charge >= 0.3 is 6.09 Å².